The molecule has 0 spiro atoms. The molecule has 4 aromatic heterocycles. The summed E-state index contributed by atoms with van der Waals surface area (Å²) in [5.41, 5.74) is 3.09. The number of rotatable bonds is 6. The van der Waals surface area contributed by atoms with Gasteiger partial charge in [0.1, 0.15) is 17.8 Å². The van der Waals surface area contributed by atoms with Crippen LogP contribution < -0.4 is 10.9 Å². The third kappa shape index (κ3) is 3.73. The summed E-state index contributed by atoms with van der Waals surface area (Å²) in [4.78, 5) is 31.3. The van der Waals surface area contributed by atoms with Gasteiger partial charge in [-0.25, -0.2) is 9.50 Å². The Hall–Kier alpha value is -3.78. The fourth-order valence-corrected chi connectivity index (χ4v) is 4.28. The predicted molar refractivity (Wildman–Crippen MR) is 121 cm³/mol. The molecule has 0 atom stereocenters. The smallest absolute Gasteiger partial charge is 0.277 e. The number of amides is 1. The van der Waals surface area contributed by atoms with Crippen molar-refractivity contribution >= 4 is 33.9 Å². The number of nitrogens with zero attached hydrogens (tertiary/aromatic N) is 4. The van der Waals surface area contributed by atoms with Gasteiger partial charge in [-0.3, -0.25) is 14.2 Å². The highest BCUT2D eigenvalue weighted by Gasteiger charge is 2.17. The van der Waals surface area contributed by atoms with Crippen molar-refractivity contribution in [2.45, 2.75) is 13.0 Å². The van der Waals surface area contributed by atoms with E-state index in [1.54, 1.807) is 40.2 Å². The van der Waals surface area contributed by atoms with Crippen LogP contribution >= 0.6 is 11.3 Å². The van der Waals surface area contributed by atoms with E-state index in [1.807, 2.05) is 47.8 Å². The second kappa shape index (κ2) is 8.16. The molecule has 154 valence electrons. The molecule has 0 unspecified atom stereocenters. The van der Waals surface area contributed by atoms with Gasteiger partial charge in [0.15, 0.2) is 5.65 Å². The van der Waals surface area contributed by atoms with Crippen molar-refractivity contribution in [1.82, 2.24) is 24.5 Å². The number of benzene rings is 1. The maximum Gasteiger partial charge on any atom is 0.277 e. The van der Waals surface area contributed by atoms with E-state index in [0.717, 1.165) is 16.9 Å². The highest BCUT2D eigenvalue weighted by Crippen LogP contribution is 2.24. The van der Waals surface area contributed by atoms with Crippen molar-refractivity contribution in [3.05, 3.63) is 88.2 Å². The van der Waals surface area contributed by atoms with Gasteiger partial charge < -0.3 is 5.32 Å². The second-order valence-electron chi connectivity index (χ2n) is 7.13. The Morgan fingerprint density at radius 3 is 2.71 bits per heavy atom. The molecule has 31 heavy (non-hydrogen) atoms. The number of pyridine rings is 1. The zero-order valence-electron chi connectivity index (χ0n) is 16.6. The standard InChI is InChI=1S/C23H19N5O2S/c29-21(24-12-10-16-6-2-1-3-7-16)15-27-18-8-4-11-25-22(18)28-19(23(27)30)14-17(26-28)20-9-5-13-31-20/h1-9,11,13-14H,10,12,15H2,(H,24,29). The predicted octanol–water partition coefficient (Wildman–Crippen LogP) is 3.13. The number of hydrogen-bond donors (Lipinski definition) is 1. The highest BCUT2D eigenvalue weighted by atomic mass is 32.1. The first-order valence-electron chi connectivity index (χ1n) is 9.92. The lowest BCUT2D eigenvalue weighted by Gasteiger charge is -2.11. The molecule has 5 aromatic rings. The van der Waals surface area contributed by atoms with Crippen LogP contribution in [0.4, 0.5) is 0 Å². The summed E-state index contributed by atoms with van der Waals surface area (Å²) in [6.07, 6.45) is 2.39. The van der Waals surface area contributed by atoms with E-state index in [4.69, 9.17) is 0 Å². The summed E-state index contributed by atoms with van der Waals surface area (Å²) in [6, 6.07) is 19.1. The molecular formula is C23H19N5O2S. The molecular weight excluding hydrogens is 410 g/mol. The van der Waals surface area contributed by atoms with Crippen LogP contribution in [0.1, 0.15) is 5.56 Å². The molecule has 1 N–H and O–H groups in total. The van der Waals surface area contributed by atoms with Crippen molar-refractivity contribution in [2.75, 3.05) is 6.54 Å². The largest absolute Gasteiger partial charge is 0.354 e. The van der Waals surface area contributed by atoms with E-state index in [0.29, 0.717) is 28.9 Å². The van der Waals surface area contributed by atoms with Gasteiger partial charge >= 0.3 is 0 Å². The minimum atomic E-state index is -0.269. The first-order chi connectivity index (χ1) is 15.2. The molecule has 7 nitrogen and oxygen atoms in total. The van der Waals surface area contributed by atoms with Gasteiger partial charge in [-0.2, -0.15) is 5.10 Å². The number of fused-ring (bicyclic) bond motifs is 3. The maximum atomic E-state index is 13.3. The molecule has 0 aliphatic heterocycles. The lowest BCUT2D eigenvalue weighted by atomic mass is 10.1. The summed E-state index contributed by atoms with van der Waals surface area (Å²) >= 11 is 1.56. The number of carbonyl (C=O) groups excluding carboxylic acids is 1. The average Bonchev–Trinajstić information content (AvgIpc) is 3.48. The number of thiophene rings is 1. The van der Waals surface area contributed by atoms with Crippen LogP contribution in [0.3, 0.4) is 0 Å². The normalized spacial score (nSPS) is 11.2. The molecule has 0 saturated heterocycles. The molecule has 0 aliphatic rings. The van der Waals surface area contributed by atoms with E-state index in [1.165, 1.54) is 4.57 Å². The maximum absolute atomic E-state index is 13.3. The van der Waals surface area contributed by atoms with Crippen LogP contribution in [0, 0.1) is 0 Å². The van der Waals surface area contributed by atoms with Crippen LogP contribution in [-0.4, -0.2) is 31.6 Å². The summed E-state index contributed by atoms with van der Waals surface area (Å²) in [7, 11) is 0. The zero-order chi connectivity index (χ0) is 21.2. The van der Waals surface area contributed by atoms with Gasteiger partial charge in [0.25, 0.3) is 5.56 Å². The Morgan fingerprint density at radius 1 is 1.03 bits per heavy atom. The molecule has 1 aromatic carbocycles. The molecule has 5 rings (SSSR count). The number of aromatic nitrogens is 4. The summed E-state index contributed by atoms with van der Waals surface area (Å²) in [5.74, 6) is -0.217. The lowest BCUT2D eigenvalue weighted by Crippen LogP contribution is -2.34. The van der Waals surface area contributed by atoms with Gasteiger partial charge in [0.05, 0.1) is 10.4 Å². The van der Waals surface area contributed by atoms with E-state index in [-0.39, 0.29) is 18.0 Å². The number of hydrogen-bond acceptors (Lipinski definition) is 5. The third-order valence-electron chi connectivity index (χ3n) is 5.09. The molecule has 1 amide bonds. The van der Waals surface area contributed by atoms with Crippen LogP contribution in [0.5, 0.6) is 0 Å². The van der Waals surface area contributed by atoms with Gasteiger partial charge in [0.2, 0.25) is 5.91 Å². The van der Waals surface area contributed by atoms with Crippen LogP contribution in [-0.2, 0) is 17.8 Å². The fraction of sp³-hybridized carbons (Fsp3) is 0.130. The first kappa shape index (κ1) is 19.2. The van der Waals surface area contributed by atoms with Crippen molar-refractivity contribution in [1.29, 1.82) is 0 Å². The lowest BCUT2D eigenvalue weighted by molar-refractivity contribution is -0.121. The second-order valence-corrected chi connectivity index (χ2v) is 8.07. The van der Waals surface area contributed by atoms with Crippen molar-refractivity contribution in [3.8, 4) is 10.6 Å². The topological polar surface area (TPSA) is 81.3 Å². The quantitative estimate of drug-likeness (QED) is 0.450. The first-order valence-corrected chi connectivity index (χ1v) is 10.8. The summed E-state index contributed by atoms with van der Waals surface area (Å²) < 4.78 is 3.03. The van der Waals surface area contributed by atoms with Gasteiger partial charge in [-0.05, 0) is 41.6 Å². The fourth-order valence-electron chi connectivity index (χ4n) is 3.60. The third-order valence-corrected chi connectivity index (χ3v) is 5.98. The Balaban J connectivity index is 1.47. The summed E-state index contributed by atoms with van der Waals surface area (Å²) in [6.45, 7) is 0.428. The van der Waals surface area contributed by atoms with Crippen molar-refractivity contribution in [2.24, 2.45) is 0 Å². The number of carbonyl (C=O) groups is 1. The zero-order valence-corrected chi connectivity index (χ0v) is 17.4. The van der Waals surface area contributed by atoms with Crippen LogP contribution in [0.2, 0.25) is 0 Å². The minimum Gasteiger partial charge on any atom is -0.354 e. The molecule has 0 saturated carbocycles. The molecule has 0 aliphatic carbocycles. The Bertz CT molecular complexity index is 1420. The average molecular weight is 430 g/mol. The number of nitrogens with one attached hydrogen (secondary N) is 1. The molecule has 0 bridgehead atoms. The van der Waals surface area contributed by atoms with Crippen LogP contribution in [0.25, 0.3) is 27.3 Å². The van der Waals surface area contributed by atoms with Crippen molar-refractivity contribution in [3.63, 3.8) is 0 Å². The highest BCUT2D eigenvalue weighted by molar-refractivity contribution is 7.13. The van der Waals surface area contributed by atoms with Crippen molar-refractivity contribution < 1.29 is 4.79 Å². The van der Waals surface area contributed by atoms with Gasteiger partial charge in [0, 0.05) is 12.7 Å². The van der Waals surface area contributed by atoms with E-state index >= 15 is 0 Å². The molecule has 4 heterocycles. The SMILES string of the molecule is O=C(Cn1c(=O)c2cc(-c3cccs3)nn2c2ncccc21)NCCc1ccccc1. The Kier molecular flexibility index (Phi) is 5.05. The van der Waals surface area contributed by atoms with Gasteiger partial charge in [-0.15, -0.1) is 11.3 Å². The Labute approximate surface area is 181 Å². The molecule has 8 heteroatoms. The monoisotopic (exact) mass is 429 g/mol. The van der Waals surface area contributed by atoms with E-state index < -0.39 is 0 Å². The molecule has 0 fully saturated rings. The van der Waals surface area contributed by atoms with Crippen LogP contribution in [0.15, 0.2) is 77.0 Å². The molecule has 0 radical (unpaired) electrons. The van der Waals surface area contributed by atoms with E-state index in [9.17, 15) is 9.59 Å². The summed E-state index contributed by atoms with van der Waals surface area (Å²) in [5, 5.41) is 9.47. The Morgan fingerprint density at radius 2 is 1.90 bits per heavy atom. The van der Waals surface area contributed by atoms with E-state index in [2.05, 4.69) is 15.4 Å². The minimum absolute atomic E-state index is 0.0775. The van der Waals surface area contributed by atoms with Gasteiger partial charge in [-0.1, -0.05) is 36.4 Å².